The van der Waals surface area contributed by atoms with E-state index in [9.17, 15) is 4.79 Å². The van der Waals surface area contributed by atoms with E-state index in [-0.39, 0.29) is 18.0 Å². The van der Waals surface area contributed by atoms with Crippen molar-refractivity contribution in [2.75, 3.05) is 13.1 Å². The molecule has 3 nitrogen and oxygen atoms in total. The number of nitrogens with one attached hydrogen (secondary N) is 1. The van der Waals surface area contributed by atoms with Crippen molar-refractivity contribution in [3.05, 3.63) is 71.8 Å². The Bertz CT molecular complexity index is 597. The van der Waals surface area contributed by atoms with Crippen molar-refractivity contribution in [2.24, 2.45) is 0 Å². The van der Waals surface area contributed by atoms with Gasteiger partial charge in [-0.2, -0.15) is 0 Å². The molecule has 2 atom stereocenters. The molecule has 1 fully saturated rings. The molecule has 1 N–H and O–H groups in total. The van der Waals surface area contributed by atoms with Gasteiger partial charge in [0.15, 0.2) is 0 Å². The molecule has 3 rings (SSSR count). The molecule has 1 aliphatic rings. The minimum absolute atomic E-state index is 0.0904. The summed E-state index contributed by atoms with van der Waals surface area (Å²) in [5.74, 6) is 0.128. The van der Waals surface area contributed by atoms with Crippen molar-refractivity contribution in [2.45, 2.75) is 24.9 Å². The molecule has 2 aromatic rings. The maximum Gasteiger partial charge on any atom is 0.310 e. The maximum absolute atomic E-state index is 12.2. The Morgan fingerprint density at radius 2 is 1.73 bits per heavy atom. The molecule has 3 heteroatoms. The molecule has 0 bridgehead atoms. The summed E-state index contributed by atoms with van der Waals surface area (Å²) >= 11 is 0. The van der Waals surface area contributed by atoms with Gasteiger partial charge in [-0.1, -0.05) is 60.7 Å². The van der Waals surface area contributed by atoms with E-state index in [4.69, 9.17) is 4.74 Å². The molecule has 22 heavy (non-hydrogen) atoms. The Labute approximate surface area is 131 Å². The predicted octanol–water partition coefficient (Wildman–Crippen LogP) is 2.92. The fourth-order valence-corrected chi connectivity index (χ4v) is 3.01. The van der Waals surface area contributed by atoms with Crippen LogP contribution in [0.2, 0.25) is 0 Å². The molecule has 1 aliphatic heterocycles. The monoisotopic (exact) mass is 295 g/mol. The molecule has 0 aliphatic carbocycles. The Morgan fingerprint density at radius 3 is 2.45 bits per heavy atom. The lowest BCUT2D eigenvalue weighted by atomic mass is 9.88. The number of benzene rings is 2. The minimum Gasteiger partial charge on any atom is -0.460 e. The number of carbonyl (C=O) groups excluding carboxylic acids is 1. The van der Waals surface area contributed by atoms with Gasteiger partial charge in [0.25, 0.3) is 0 Å². The van der Waals surface area contributed by atoms with Crippen LogP contribution in [0.4, 0.5) is 0 Å². The van der Waals surface area contributed by atoms with Crippen LogP contribution in [0, 0.1) is 0 Å². The van der Waals surface area contributed by atoms with Gasteiger partial charge in [-0.15, -0.1) is 0 Å². The highest BCUT2D eigenvalue weighted by atomic mass is 16.5. The lowest BCUT2D eigenvalue weighted by molar-refractivity contribution is -0.150. The van der Waals surface area contributed by atoms with Crippen molar-refractivity contribution in [1.82, 2.24) is 5.32 Å². The first-order valence-corrected chi connectivity index (χ1v) is 7.82. The number of hydrogen-bond donors (Lipinski definition) is 1. The summed E-state index contributed by atoms with van der Waals surface area (Å²) in [5.41, 5.74) is 2.24. The summed E-state index contributed by atoms with van der Waals surface area (Å²) in [5, 5.41) is 3.33. The van der Waals surface area contributed by atoms with Crippen molar-refractivity contribution in [3.8, 4) is 0 Å². The quantitative estimate of drug-likeness (QED) is 0.881. The molecule has 1 saturated heterocycles. The van der Waals surface area contributed by atoms with Crippen LogP contribution in [0.3, 0.4) is 0 Å². The van der Waals surface area contributed by atoms with Crippen LogP contribution in [0.25, 0.3) is 0 Å². The van der Waals surface area contributed by atoms with Crippen LogP contribution in [0.5, 0.6) is 0 Å². The summed E-state index contributed by atoms with van der Waals surface area (Å²) in [7, 11) is 0. The smallest absolute Gasteiger partial charge is 0.310 e. The first-order chi connectivity index (χ1) is 10.8. The third kappa shape index (κ3) is 3.74. The Hall–Kier alpha value is -2.13. The van der Waals surface area contributed by atoms with Gasteiger partial charge in [0, 0.05) is 12.5 Å². The Balaban J connectivity index is 1.65. The van der Waals surface area contributed by atoms with Crippen LogP contribution in [-0.4, -0.2) is 25.2 Å². The molecular formula is C19H21NO2. The first kappa shape index (κ1) is 14.8. The molecule has 0 spiro atoms. The highest BCUT2D eigenvalue weighted by molar-refractivity contribution is 5.72. The second kappa shape index (κ2) is 7.23. The van der Waals surface area contributed by atoms with Crippen LogP contribution in [-0.2, 0) is 16.0 Å². The maximum atomic E-state index is 12.2. The van der Waals surface area contributed by atoms with Gasteiger partial charge in [0.05, 0.1) is 6.42 Å². The first-order valence-electron chi connectivity index (χ1n) is 7.82. The second-order valence-corrected chi connectivity index (χ2v) is 5.70. The zero-order chi connectivity index (χ0) is 15.2. The fraction of sp³-hybridized carbons (Fsp3) is 0.316. The third-order valence-corrected chi connectivity index (χ3v) is 4.13. The van der Waals surface area contributed by atoms with Gasteiger partial charge in [-0.3, -0.25) is 4.79 Å². The summed E-state index contributed by atoms with van der Waals surface area (Å²) in [6.07, 6.45) is 1.24. The lowest BCUT2D eigenvalue weighted by Gasteiger charge is -2.32. The number of piperidine rings is 1. The molecule has 0 amide bonds. The van der Waals surface area contributed by atoms with Gasteiger partial charge >= 0.3 is 5.97 Å². The molecule has 0 saturated carbocycles. The second-order valence-electron chi connectivity index (χ2n) is 5.70. The zero-order valence-corrected chi connectivity index (χ0v) is 12.6. The Morgan fingerprint density at radius 1 is 1.05 bits per heavy atom. The highest BCUT2D eigenvalue weighted by Gasteiger charge is 2.29. The summed E-state index contributed by atoms with van der Waals surface area (Å²) in [6.45, 7) is 1.69. The topological polar surface area (TPSA) is 38.3 Å². The van der Waals surface area contributed by atoms with Crippen molar-refractivity contribution in [3.63, 3.8) is 0 Å². The van der Waals surface area contributed by atoms with E-state index in [0.717, 1.165) is 25.1 Å². The summed E-state index contributed by atoms with van der Waals surface area (Å²) in [6, 6.07) is 20.1. The average Bonchev–Trinajstić information content (AvgIpc) is 2.57. The van der Waals surface area contributed by atoms with E-state index in [1.54, 1.807) is 0 Å². The predicted molar refractivity (Wildman–Crippen MR) is 86.7 cm³/mol. The van der Waals surface area contributed by atoms with E-state index in [1.807, 2.05) is 48.5 Å². The molecule has 0 aromatic heterocycles. The van der Waals surface area contributed by atoms with Crippen LogP contribution < -0.4 is 5.32 Å². The number of rotatable bonds is 4. The van der Waals surface area contributed by atoms with Crippen LogP contribution in [0.15, 0.2) is 60.7 Å². The van der Waals surface area contributed by atoms with E-state index in [1.165, 1.54) is 5.56 Å². The normalized spacial score (nSPS) is 21.3. The van der Waals surface area contributed by atoms with Crippen LogP contribution in [0.1, 0.15) is 23.5 Å². The van der Waals surface area contributed by atoms with E-state index in [0.29, 0.717) is 6.42 Å². The molecule has 1 heterocycles. The molecule has 0 radical (unpaired) electrons. The van der Waals surface area contributed by atoms with Gasteiger partial charge in [0.2, 0.25) is 0 Å². The lowest BCUT2D eigenvalue weighted by Crippen LogP contribution is -2.42. The number of hydrogen-bond acceptors (Lipinski definition) is 3. The third-order valence-electron chi connectivity index (χ3n) is 4.13. The van der Waals surface area contributed by atoms with E-state index >= 15 is 0 Å². The number of ether oxygens (including phenoxy) is 1. The number of carbonyl (C=O) groups is 1. The van der Waals surface area contributed by atoms with Gasteiger partial charge in [-0.25, -0.2) is 0 Å². The van der Waals surface area contributed by atoms with E-state index < -0.39 is 0 Å². The van der Waals surface area contributed by atoms with Crippen molar-refractivity contribution in [1.29, 1.82) is 0 Å². The molecule has 114 valence electrons. The fourth-order valence-electron chi connectivity index (χ4n) is 3.01. The largest absolute Gasteiger partial charge is 0.460 e. The Kier molecular flexibility index (Phi) is 4.86. The summed E-state index contributed by atoms with van der Waals surface area (Å²) in [4.78, 5) is 12.2. The molecule has 2 unspecified atom stereocenters. The van der Waals surface area contributed by atoms with Gasteiger partial charge in [-0.05, 0) is 24.1 Å². The van der Waals surface area contributed by atoms with Crippen LogP contribution >= 0.6 is 0 Å². The molecular weight excluding hydrogens is 274 g/mol. The standard InChI is InChI=1S/C19H21NO2/c21-19(13-15-7-3-1-4-8-15)22-18-14-20-12-11-17(18)16-9-5-2-6-10-16/h1-10,17-18,20H,11-14H2. The molecule has 2 aromatic carbocycles. The van der Waals surface area contributed by atoms with E-state index in [2.05, 4.69) is 17.4 Å². The van der Waals surface area contributed by atoms with Gasteiger partial charge in [0.1, 0.15) is 6.10 Å². The average molecular weight is 295 g/mol. The van der Waals surface area contributed by atoms with Crippen molar-refractivity contribution >= 4 is 5.97 Å². The number of esters is 1. The summed E-state index contributed by atoms with van der Waals surface area (Å²) < 4.78 is 5.76. The zero-order valence-electron chi connectivity index (χ0n) is 12.6. The van der Waals surface area contributed by atoms with Crippen molar-refractivity contribution < 1.29 is 9.53 Å². The van der Waals surface area contributed by atoms with Gasteiger partial charge < -0.3 is 10.1 Å². The minimum atomic E-state index is -0.152. The SMILES string of the molecule is O=C(Cc1ccccc1)OC1CNCCC1c1ccccc1. The highest BCUT2D eigenvalue weighted by Crippen LogP contribution is 2.27.